The second-order valence-electron chi connectivity index (χ2n) is 7.64. The number of nitrogens with zero attached hydrogens (tertiary/aromatic N) is 5. The normalized spacial score (nSPS) is 20.0. The Balaban J connectivity index is 1.69. The monoisotopic (exact) mass is 339 g/mol. The van der Waals surface area contributed by atoms with Crippen LogP contribution in [0.5, 0.6) is 0 Å². The molecule has 0 unspecified atom stereocenters. The lowest BCUT2D eigenvalue weighted by Crippen LogP contribution is -2.43. The SMILES string of the molecule is Cc1cccnc1C(=O)N1CCn2nc(C3CC3)nc2[C@@H]1CC(C)C. The van der Waals surface area contributed by atoms with Crippen molar-refractivity contribution in [2.45, 2.75) is 58.5 Å². The van der Waals surface area contributed by atoms with Gasteiger partial charge < -0.3 is 4.90 Å². The van der Waals surface area contributed by atoms with E-state index in [1.54, 1.807) is 6.20 Å². The number of fused-ring (bicyclic) bond motifs is 1. The summed E-state index contributed by atoms with van der Waals surface area (Å²) in [6.07, 6.45) is 4.96. The lowest BCUT2D eigenvalue weighted by atomic mass is 9.99. The summed E-state index contributed by atoms with van der Waals surface area (Å²) in [6.45, 7) is 7.68. The fraction of sp³-hybridized carbons (Fsp3) is 0.579. The molecule has 0 aromatic carbocycles. The number of hydrogen-bond donors (Lipinski definition) is 0. The van der Waals surface area contributed by atoms with Crippen LogP contribution in [-0.4, -0.2) is 37.1 Å². The van der Waals surface area contributed by atoms with Gasteiger partial charge in [0.25, 0.3) is 5.91 Å². The summed E-state index contributed by atoms with van der Waals surface area (Å²) in [6, 6.07) is 3.78. The third-order valence-electron chi connectivity index (χ3n) is 5.05. The maximum Gasteiger partial charge on any atom is 0.273 e. The second kappa shape index (κ2) is 6.24. The van der Waals surface area contributed by atoms with Crippen LogP contribution in [0.25, 0.3) is 0 Å². The van der Waals surface area contributed by atoms with Crippen LogP contribution >= 0.6 is 0 Å². The van der Waals surface area contributed by atoms with Crippen LogP contribution in [-0.2, 0) is 6.54 Å². The van der Waals surface area contributed by atoms with Crippen molar-refractivity contribution in [2.75, 3.05) is 6.54 Å². The van der Waals surface area contributed by atoms with Crippen molar-refractivity contribution in [1.29, 1.82) is 0 Å². The molecular formula is C19H25N5O. The first kappa shape index (κ1) is 16.2. The predicted octanol–water partition coefficient (Wildman–Crippen LogP) is 3.10. The molecule has 0 saturated heterocycles. The molecule has 0 spiro atoms. The van der Waals surface area contributed by atoms with E-state index in [1.807, 2.05) is 28.6 Å². The van der Waals surface area contributed by atoms with Crippen molar-refractivity contribution in [3.63, 3.8) is 0 Å². The topological polar surface area (TPSA) is 63.9 Å². The van der Waals surface area contributed by atoms with Gasteiger partial charge in [-0.15, -0.1) is 0 Å². The number of aryl methyl sites for hydroxylation is 1. The molecule has 1 aliphatic carbocycles. The molecule has 0 bridgehead atoms. The lowest BCUT2D eigenvalue weighted by Gasteiger charge is -2.36. The number of hydrogen-bond acceptors (Lipinski definition) is 4. The van der Waals surface area contributed by atoms with Crippen LogP contribution in [0.4, 0.5) is 0 Å². The van der Waals surface area contributed by atoms with Crippen LogP contribution in [0.3, 0.4) is 0 Å². The van der Waals surface area contributed by atoms with E-state index in [-0.39, 0.29) is 11.9 Å². The van der Waals surface area contributed by atoms with Gasteiger partial charge in [0.1, 0.15) is 11.5 Å². The molecule has 1 atom stereocenters. The van der Waals surface area contributed by atoms with E-state index >= 15 is 0 Å². The van der Waals surface area contributed by atoms with Gasteiger partial charge >= 0.3 is 0 Å². The Bertz CT molecular complexity index is 793. The van der Waals surface area contributed by atoms with Crippen LogP contribution < -0.4 is 0 Å². The average Bonchev–Trinajstić information content (AvgIpc) is 3.34. The first-order chi connectivity index (χ1) is 12.0. The fourth-order valence-electron chi connectivity index (χ4n) is 3.56. The molecule has 1 aliphatic heterocycles. The molecular weight excluding hydrogens is 314 g/mol. The Morgan fingerprint density at radius 2 is 2.12 bits per heavy atom. The van der Waals surface area contributed by atoms with Crippen molar-refractivity contribution in [3.05, 3.63) is 41.2 Å². The molecule has 1 amide bonds. The summed E-state index contributed by atoms with van der Waals surface area (Å²) in [5.74, 6) is 2.92. The highest BCUT2D eigenvalue weighted by atomic mass is 16.2. The molecule has 4 rings (SSSR count). The number of amides is 1. The molecule has 1 saturated carbocycles. The summed E-state index contributed by atoms with van der Waals surface area (Å²) >= 11 is 0. The van der Waals surface area contributed by atoms with E-state index in [4.69, 9.17) is 10.1 Å². The van der Waals surface area contributed by atoms with Gasteiger partial charge in [0, 0.05) is 18.7 Å². The highest BCUT2D eigenvalue weighted by molar-refractivity contribution is 5.94. The molecule has 2 aromatic rings. The number of carbonyl (C=O) groups is 1. The van der Waals surface area contributed by atoms with Gasteiger partial charge in [-0.25, -0.2) is 9.67 Å². The Hall–Kier alpha value is -2.24. The molecule has 2 aromatic heterocycles. The lowest BCUT2D eigenvalue weighted by molar-refractivity contribution is 0.0571. The fourth-order valence-corrected chi connectivity index (χ4v) is 3.56. The van der Waals surface area contributed by atoms with Crippen LogP contribution in [0.1, 0.15) is 72.8 Å². The molecule has 0 N–H and O–H groups in total. The standard InChI is InChI=1S/C19H25N5O/c1-12(2)11-15-18-21-17(14-6-7-14)22-24(18)10-9-23(15)19(25)16-13(3)5-4-8-20-16/h4-5,8,12,14-15H,6-7,9-11H2,1-3H3/t15-/m0/s1. The van der Waals surface area contributed by atoms with Crippen molar-refractivity contribution in [3.8, 4) is 0 Å². The summed E-state index contributed by atoms with van der Waals surface area (Å²) < 4.78 is 2.02. The smallest absolute Gasteiger partial charge is 0.273 e. The van der Waals surface area contributed by atoms with E-state index in [2.05, 4.69) is 18.8 Å². The zero-order valence-corrected chi connectivity index (χ0v) is 15.1. The van der Waals surface area contributed by atoms with Crippen LogP contribution in [0.15, 0.2) is 18.3 Å². The van der Waals surface area contributed by atoms with Crippen LogP contribution in [0, 0.1) is 12.8 Å². The van der Waals surface area contributed by atoms with Crippen molar-refractivity contribution < 1.29 is 4.79 Å². The first-order valence-corrected chi connectivity index (χ1v) is 9.22. The second-order valence-corrected chi connectivity index (χ2v) is 7.64. The Labute approximate surface area is 148 Å². The van der Waals surface area contributed by atoms with Crippen LogP contribution in [0.2, 0.25) is 0 Å². The third kappa shape index (κ3) is 3.05. The summed E-state index contributed by atoms with van der Waals surface area (Å²) in [7, 11) is 0. The minimum Gasteiger partial charge on any atom is -0.325 e. The Kier molecular flexibility index (Phi) is 4.06. The van der Waals surface area contributed by atoms with Gasteiger partial charge in [-0.05, 0) is 43.7 Å². The Morgan fingerprint density at radius 1 is 1.32 bits per heavy atom. The predicted molar refractivity (Wildman–Crippen MR) is 94.2 cm³/mol. The maximum absolute atomic E-state index is 13.2. The third-order valence-corrected chi connectivity index (χ3v) is 5.05. The van der Waals surface area contributed by atoms with Crippen molar-refractivity contribution in [2.24, 2.45) is 5.92 Å². The van der Waals surface area contributed by atoms with E-state index in [9.17, 15) is 4.79 Å². The molecule has 2 aliphatic rings. The quantitative estimate of drug-likeness (QED) is 0.858. The van der Waals surface area contributed by atoms with Crippen molar-refractivity contribution >= 4 is 5.91 Å². The summed E-state index contributed by atoms with van der Waals surface area (Å²) in [5, 5.41) is 4.71. The van der Waals surface area contributed by atoms with E-state index < -0.39 is 0 Å². The van der Waals surface area contributed by atoms with E-state index in [1.165, 1.54) is 12.8 Å². The zero-order valence-electron chi connectivity index (χ0n) is 15.1. The van der Waals surface area contributed by atoms with Gasteiger partial charge in [0.2, 0.25) is 0 Å². The van der Waals surface area contributed by atoms with Crippen molar-refractivity contribution in [1.82, 2.24) is 24.6 Å². The first-order valence-electron chi connectivity index (χ1n) is 9.22. The minimum atomic E-state index is -0.0253. The number of aromatic nitrogens is 4. The molecule has 0 radical (unpaired) electrons. The summed E-state index contributed by atoms with van der Waals surface area (Å²) in [4.78, 5) is 24.3. The zero-order chi connectivity index (χ0) is 17.6. The molecule has 132 valence electrons. The molecule has 6 heteroatoms. The highest BCUT2D eigenvalue weighted by Crippen LogP contribution is 2.40. The molecule has 1 fully saturated rings. The average molecular weight is 339 g/mol. The van der Waals surface area contributed by atoms with Gasteiger partial charge in [0.05, 0.1) is 12.6 Å². The van der Waals surface area contributed by atoms with Gasteiger partial charge in [-0.1, -0.05) is 19.9 Å². The minimum absolute atomic E-state index is 0.00553. The molecule has 6 nitrogen and oxygen atoms in total. The van der Waals surface area contributed by atoms with E-state index in [0.29, 0.717) is 30.6 Å². The number of pyridine rings is 1. The number of carbonyl (C=O) groups excluding carboxylic acids is 1. The molecule has 3 heterocycles. The van der Waals surface area contributed by atoms with Gasteiger partial charge in [-0.3, -0.25) is 9.78 Å². The highest BCUT2D eigenvalue weighted by Gasteiger charge is 2.37. The maximum atomic E-state index is 13.2. The molecule has 25 heavy (non-hydrogen) atoms. The van der Waals surface area contributed by atoms with Gasteiger partial charge in [0.15, 0.2) is 5.82 Å². The number of rotatable bonds is 4. The van der Waals surface area contributed by atoms with E-state index in [0.717, 1.165) is 23.6 Å². The summed E-state index contributed by atoms with van der Waals surface area (Å²) in [5.41, 5.74) is 1.47. The largest absolute Gasteiger partial charge is 0.325 e. The Morgan fingerprint density at radius 3 is 2.80 bits per heavy atom. The van der Waals surface area contributed by atoms with Gasteiger partial charge in [-0.2, -0.15) is 5.10 Å².